The van der Waals surface area contributed by atoms with Gasteiger partial charge >= 0.3 is 0 Å². The van der Waals surface area contributed by atoms with Crippen molar-refractivity contribution in [3.63, 3.8) is 0 Å². The zero-order valence-corrected chi connectivity index (χ0v) is 23.8. The van der Waals surface area contributed by atoms with Crippen LogP contribution in [0.2, 0.25) is 18.1 Å². The van der Waals surface area contributed by atoms with Crippen LogP contribution in [0, 0.1) is 11.3 Å². The van der Waals surface area contributed by atoms with Gasteiger partial charge in [-0.2, -0.15) is 5.26 Å². The van der Waals surface area contributed by atoms with Crippen molar-refractivity contribution >= 4 is 8.32 Å². The second-order valence-corrected chi connectivity index (χ2v) is 15.5. The van der Waals surface area contributed by atoms with Crippen LogP contribution in [0.3, 0.4) is 0 Å². The van der Waals surface area contributed by atoms with E-state index in [9.17, 15) is 5.26 Å². The van der Waals surface area contributed by atoms with E-state index in [1.54, 1.807) is 20.3 Å². The minimum atomic E-state index is -2.29. The Labute approximate surface area is 212 Å². The van der Waals surface area contributed by atoms with Gasteiger partial charge in [0.2, 0.25) is 0 Å². The van der Waals surface area contributed by atoms with Crippen molar-refractivity contribution in [1.29, 1.82) is 5.26 Å². The standard InChI is InChI=1S/C27H43NO6Si/c1-10-13-27(19-28,15-14-26(5)32-16-17-33-26)23-21(18-31-20-29-6)11-12-22(30-7)24(23)34-35(8,9)25(2,3)4/h10-12H,1,13-18,20H2,2-9H3. The highest BCUT2D eigenvalue weighted by molar-refractivity contribution is 6.74. The van der Waals surface area contributed by atoms with Gasteiger partial charge in [-0.15, -0.1) is 6.58 Å². The molecule has 1 fully saturated rings. The highest BCUT2D eigenvalue weighted by Gasteiger charge is 2.45. The summed E-state index contributed by atoms with van der Waals surface area (Å²) in [7, 11) is 0.917. The van der Waals surface area contributed by atoms with Crippen molar-refractivity contribution in [1.82, 2.24) is 0 Å². The van der Waals surface area contributed by atoms with Crippen LogP contribution in [0.4, 0.5) is 0 Å². The molecular formula is C27H43NO6Si. The number of methoxy groups -OCH3 is 2. The zero-order valence-electron chi connectivity index (χ0n) is 22.8. The molecule has 1 heterocycles. The summed E-state index contributed by atoms with van der Waals surface area (Å²) in [5.74, 6) is 0.484. The molecule has 1 aliphatic heterocycles. The smallest absolute Gasteiger partial charge is 0.250 e. The molecule has 0 saturated carbocycles. The molecule has 1 aromatic rings. The number of allylic oxidation sites excluding steroid dienone is 1. The van der Waals surface area contributed by atoms with Gasteiger partial charge in [0.05, 0.1) is 38.4 Å². The fraction of sp³-hybridized carbons (Fsp3) is 0.667. The summed E-state index contributed by atoms with van der Waals surface area (Å²) in [6, 6.07) is 6.46. The van der Waals surface area contributed by atoms with Gasteiger partial charge in [-0.3, -0.25) is 0 Å². The van der Waals surface area contributed by atoms with Gasteiger partial charge < -0.3 is 28.1 Å². The van der Waals surface area contributed by atoms with Gasteiger partial charge in [-0.1, -0.05) is 32.9 Å². The SMILES string of the molecule is C=CCC(C#N)(CCC1(C)OCCO1)c1c(COCOC)ccc(OC)c1O[Si](C)(C)C(C)(C)C. The highest BCUT2D eigenvalue weighted by Crippen LogP contribution is 2.49. The van der Waals surface area contributed by atoms with Gasteiger partial charge in [0.25, 0.3) is 8.32 Å². The predicted octanol–water partition coefficient (Wildman–Crippen LogP) is 6.08. The third-order valence-corrected chi connectivity index (χ3v) is 11.5. The molecule has 1 unspecified atom stereocenters. The first-order valence-electron chi connectivity index (χ1n) is 12.1. The Kier molecular flexibility index (Phi) is 9.97. The van der Waals surface area contributed by atoms with Crippen LogP contribution in [0.1, 0.15) is 58.1 Å². The molecule has 0 aromatic heterocycles. The van der Waals surface area contributed by atoms with E-state index in [1.807, 2.05) is 19.1 Å². The Morgan fingerprint density at radius 1 is 1.20 bits per heavy atom. The molecule has 0 aliphatic carbocycles. The molecule has 2 rings (SSSR count). The van der Waals surface area contributed by atoms with E-state index in [4.69, 9.17) is 28.1 Å². The molecule has 0 N–H and O–H groups in total. The second kappa shape index (κ2) is 11.9. The Morgan fingerprint density at radius 3 is 2.37 bits per heavy atom. The third-order valence-electron chi connectivity index (χ3n) is 7.14. The first-order chi connectivity index (χ1) is 16.4. The monoisotopic (exact) mass is 505 g/mol. The lowest BCUT2D eigenvalue weighted by atomic mass is 9.72. The summed E-state index contributed by atoms with van der Waals surface area (Å²) in [6.07, 6.45) is 3.25. The Bertz CT molecular complexity index is 898. The lowest BCUT2D eigenvalue weighted by molar-refractivity contribution is -0.149. The number of nitrogens with zero attached hydrogens (tertiary/aromatic N) is 1. The summed E-state index contributed by atoms with van der Waals surface area (Å²) in [5, 5.41) is 10.7. The average molecular weight is 506 g/mol. The fourth-order valence-corrected chi connectivity index (χ4v) is 5.05. The average Bonchev–Trinajstić information content (AvgIpc) is 3.23. The molecule has 7 nitrogen and oxygen atoms in total. The highest BCUT2D eigenvalue weighted by atomic mass is 28.4. The maximum atomic E-state index is 10.7. The minimum Gasteiger partial charge on any atom is -0.541 e. The maximum Gasteiger partial charge on any atom is 0.250 e. The van der Waals surface area contributed by atoms with Crippen molar-refractivity contribution in [3.8, 4) is 17.6 Å². The molecular weight excluding hydrogens is 462 g/mol. The Morgan fingerprint density at radius 2 is 1.86 bits per heavy atom. The van der Waals surface area contributed by atoms with Crippen LogP contribution in [-0.2, 0) is 31.0 Å². The molecule has 1 atom stereocenters. The number of rotatable bonds is 13. The first-order valence-corrected chi connectivity index (χ1v) is 15.1. The topological polar surface area (TPSA) is 79.2 Å². The number of benzene rings is 1. The first kappa shape index (κ1) is 29.3. The normalized spacial score (nSPS) is 17.5. The number of ether oxygens (including phenoxy) is 5. The van der Waals surface area contributed by atoms with Crippen LogP contribution in [0.25, 0.3) is 0 Å². The van der Waals surface area contributed by atoms with Gasteiger partial charge in [0.15, 0.2) is 17.3 Å². The van der Waals surface area contributed by atoms with Crippen LogP contribution in [0.5, 0.6) is 11.5 Å². The summed E-state index contributed by atoms with van der Waals surface area (Å²) in [4.78, 5) is 0. The van der Waals surface area contributed by atoms with Gasteiger partial charge in [0, 0.05) is 19.1 Å². The van der Waals surface area contributed by atoms with Crippen LogP contribution in [-0.4, -0.2) is 48.3 Å². The van der Waals surface area contributed by atoms with E-state index in [2.05, 4.69) is 46.5 Å². The van der Waals surface area contributed by atoms with E-state index in [0.717, 1.165) is 11.1 Å². The predicted molar refractivity (Wildman–Crippen MR) is 139 cm³/mol. The molecule has 0 spiro atoms. The fourth-order valence-electron chi connectivity index (χ4n) is 4.03. The lowest BCUT2D eigenvalue weighted by Crippen LogP contribution is -2.45. The molecule has 1 aliphatic rings. The van der Waals surface area contributed by atoms with E-state index in [-0.39, 0.29) is 18.4 Å². The van der Waals surface area contributed by atoms with Crippen LogP contribution < -0.4 is 9.16 Å². The molecule has 1 aromatic carbocycles. The Balaban J connectivity index is 2.73. The summed E-state index contributed by atoms with van der Waals surface area (Å²) >= 11 is 0. The number of hydrogen-bond donors (Lipinski definition) is 0. The van der Waals surface area contributed by atoms with Gasteiger partial charge in [-0.05, 0) is 49.5 Å². The minimum absolute atomic E-state index is 0.0510. The van der Waals surface area contributed by atoms with E-state index in [0.29, 0.717) is 44.0 Å². The van der Waals surface area contributed by atoms with Crippen molar-refractivity contribution in [3.05, 3.63) is 35.9 Å². The van der Waals surface area contributed by atoms with Crippen LogP contribution in [0.15, 0.2) is 24.8 Å². The van der Waals surface area contributed by atoms with E-state index in [1.165, 1.54) is 0 Å². The number of hydrogen-bond acceptors (Lipinski definition) is 7. The zero-order chi connectivity index (χ0) is 26.3. The van der Waals surface area contributed by atoms with Crippen molar-refractivity contribution in [2.45, 2.75) is 82.9 Å². The van der Waals surface area contributed by atoms with E-state index < -0.39 is 19.5 Å². The number of nitriles is 1. The Hall–Kier alpha value is -1.89. The second-order valence-electron chi connectivity index (χ2n) is 10.8. The van der Waals surface area contributed by atoms with Gasteiger partial charge in [-0.25, -0.2) is 0 Å². The summed E-state index contributed by atoms with van der Waals surface area (Å²) < 4.78 is 35.3. The molecule has 0 amide bonds. The molecule has 35 heavy (non-hydrogen) atoms. The largest absolute Gasteiger partial charge is 0.541 e. The summed E-state index contributed by atoms with van der Waals surface area (Å²) in [6.45, 7) is 18.4. The molecule has 0 bridgehead atoms. The van der Waals surface area contributed by atoms with Crippen molar-refractivity contribution in [2.24, 2.45) is 0 Å². The lowest BCUT2D eigenvalue weighted by Gasteiger charge is -2.40. The third kappa shape index (κ3) is 6.87. The summed E-state index contributed by atoms with van der Waals surface area (Å²) in [5.41, 5.74) is 0.693. The molecule has 0 radical (unpaired) electrons. The molecule has 196 valence electrons. The van der Waals surface area contributed by atoms with Crippen LogP contribution >= 0.6 is 0 Å². The van der Waals surface area contributed by atoms with E-state index >= 15 is 0 Å². The van der Waals surface area contributed by atoms with Crippen molar-refractivity contribution in [2.75, 3.05) is 34.2 Å². The molecule has 8 heteroatoms. The maximum absolute atomic E-state index is 10.7. The molecule has 1 saturated heterocycles. The quantitative estimate of drug-likeness (QED) is 0.139. The van der Waals surface area contributed by atoms with Crippen molar-refractivity contribution < 1.29 is 28.1 Å². The van der Waals surface area contributed by atoms with Gasteiger partial charge in [0.1, 0.15) is 6.79 Å².